The number of nitrogens with zero attached hydrogens (tertiary/aromatic N) is 1. The summed E-state index contributed by atoms with van der Waals surface area (Å²) in [5, 5.41) is 0. The zero-order valence-electron chi connectivity index (χ0n) is 10.1. The first-order chi connectivity index (χ1) is 6.13. The molecule has 0 saturated heterocycles. The highest BCUT2D eigenvalue weighted by molar-refractivity contribution is 5.78. The van der Waals surface area contributed by atoms with Gasteiger partial charge in [-0.3, -0.25) is 4.79 Å². The van der Waals surface area contributed by atoms with Crippen LogP contribution in [0.2, 0.25) is 0 Å². The SMILES string of the molecule is CC.CCCN(C)C(=O)C(C)CC. The molecular formula is C11H25NO. The number of hydrogen-bond acceptors (Lipinski definition) is 1. The summed E-state index contributed by atoms with van der Waals surface area (Å²) in [5.41, 5.74) is 0. The topological polar surface area (TPSA) is 20.3 Å². The summed E-state index contributed by atoms with van der Waals surface area (Å²) < 4.78 is 0. The molecule has 0 rings (SSSR count). The summed E-state index contributed by atoms with van der Waals surface area (Å²) in [5.74, 6) is 0.459. The summed E-state index contributed by atoms with van der Waals surface area (Å²) >= 11 is 0. The molecule has 0 spiro atoms. The maximum absolute atomic E-state index is 11.4. The van der Waals surface area contributed by atoms with Crippen molar-refractivity contribution in [3.8, 4) is 0 Å². The van der Waals surface area contributed by atoms with Crippen LogP contribution in [-0.2, 0) is 4.79 Å². The monoisotopic (exact) mass is 187 g/mol. The minimum atomic E-state index is 0.187. The van der Waals surface area contributed by atoms with Gasteiger partial charge in [0.15, 0.2) is 0 Å². The number of rotatable bonds is 4. The van der Waals surface area contributed by atoms with Gasteiger partial charge in [0.1, 0.15) is 0 Å². The average molecular weight is 187 g/mol. The Kier molecular flexibility index (Phi) is 11.0. The normalized spacial score (nSPS) is 11.2. The molecule has 1 amide bonds. The first-order valence-electron chi connectivity index (χ1n) is 5.38. The van der Waals surface area contributed by atoms with Gasteiger partial charge in [-0.25, -0.2) is 0 Å². The Morgan fingerprint density at radius 3 is 2.08 bits per heavy atom. The van der Waals surface area contributed by atoms with E-state index in [0.29, 0.717) is 0 Å². The van der Waals surface area contributed by atoms with E-state index in [2.05, 4.69) is 6.92 Å². The van der Waals surface area contributed by atoms with Crippen LogP contribution in [0.1, 0.15) is 47.5 Å². The van der Waals surface area contributed by atoms with Gasteiger partial charge in [0.25, 0.3) is 0 Å². The van der Waals surface area contributed by atoms with Gasteiger partial charge in [0, 0.05) is 19.5 Å². The maximum atomic E-state index is 11.4. The van der Waals surface area contributed by atoms with Crippen molar-refractivity contribution < 1.29 is 4.79 Å². The van der Waals surface area contributed by atoms with E-state index in [1.54, 1.807) is 0 Å². The highest BCUT2D eigenvalue weighted by Crippen LogP contribution is 2.04. The van der Waals surface area contributed by atoms with Crippen LogP contribution in [0.4, 0.5) is 0 Å². The third-order valence-corrected chi connectivity index (χ3v) is 1.97. The quantitative estimate of drug-likeness (QED) is 0.662. The first-order valence-corrected chi connectivity index (χ1v) is 5.38. The molecule has 0 aromatic heterocycles. The molecule has 2 nitrogen and oxygen atoms in total. The Morgan fingerprint density at radius 2 is 1.77 bits per heavy atom. The molecule has 2 heteroatoms. The fourth-order valence-electron chi connectivity index (χ4n) is 0.996. The number of amides is 1. The summed E-state index contributed by atoms with van der Waals surface area (Å²) in [6.07, 6.45) is 1.98. The highest BCUT2D eigenvalue weighted by atomic mass is 16.2. The van der Waals surface area contributed by atoms with E-state index in [0.717, 1.165) is 19.4 Å². The van der Waals surface area contributed by atoms with Gasteiger partial charge in [-0.2, -0.15) is 0 Å². The summed E-state index contributed by atoms with van der Waals surface area (Å²) in [7, 11) is 1.87. The van der Waals surface area contributed by atoms with Gasteiger partial charge >= 0.3 is 0 Å². The molecule has 0 fully saturated rings. The molecule has 0 bridgehead atoms. The van der Waals surface area contributed by atoms with Crippen LogP contribution in [0.25, 0.3) is 0 Å². The molecule has 0 heterocycles. The van der Waals surface area contributed by atoms with Gasteiger partial charge in [-0.05, 0) is 12.8 Å². The van der Waals surface area contributed by atoms with Crippen molar-refractivity contribution in [2.45, 2.75) is 47.5 Å². The van der Waals surface area contributed by atoms with E-state index in [-0.39, 0.29) is 11.8 Å². The average Bonchev–Trinajstić information content (AvgIpc) is 2.19. The fraction of sp³-hybridized carbons (Fsp3) is 0.909. The molecule has 80 valence electrons. The zero-order chi connectivity index (χ0) is 10.9. The zero-order valence-corrected chi connectivity index (χ0v) is 10.1. The van der Waals surface area contributed by atoms with Crippen LogP contribution >= 0.6 is 0 Å². The van der Waals surface area contributed by atoms with Crippen molar-refractivity contribution in [2.24, 2.45) is 5.92 Å². The van der Waals surface area contributed by atoms with Crippen molar-refractivity contribution in [1.29, 1.82) is 0 Å². The third-order valence-electron chi connectivity index (χ3n) is 1.97. The maximum Gasteiger partial charge on any atom is 0.225 e. The van der Waals surface area contributed by atoms with Gasteiger partial charge in [-0.1, -0.05) is 34.6 Å². The Hall–Kier alpha value is -0.530. The van der Waals surface area contributed by atoms with E-state index in [1.807, 2.05) is 39.6 Å². The molecule has 0 aliphatic heterocycles. The third kappa shape index (κ3) is 6.62. The van der Waals surface area contributed by atoms with Crippen molar-refractivity contribution in [3.05, 3.63) is 0 Å². The molecule has 0 aliphatic rings. The second-order valence-electron chi connectivity index (χ2n) is 3.07. The summed E-state index contributed by atoms with van der Waals surface area (Å²) in [6, 6.07) is 0. The Morgan fingerprint density at radius 1 is 1.31 bits per heavy atom. The molecule has 1 unspecified atom stereocenters. The molecule has 13 heavy (non-hydrogen) atoms. The predicted octanol–water partition coefficient (Wildman–Crippen LogP) is 2.93. The van der Waals surface area contributed by atoms with Gasteiger partial charge in [0.2, 0.25) is 5.91 Å². The van der Waals surface area contributed by atoms with Crippen molar-refractivity contribution in [1.82, 2.24) is 4.90 Å². The molecule has 0 saturated carbocycles. The van der Waals surface area contributed by atoms with E-state index < -0.39 is 0 Å². The van der Waals surface area contributed by atoms with E-state index >= 15 is 0 Å². The predicted molar refractivity (Wildman–Crippen MR) is 58.7 cm³/mol. The first kappa shape index (κ1) is 15.0. The molecular weight excluding hydrogens is 162 g/mol. The number of hydrogen-bond donors (Lipinski definition) is 0. The van der Waals surface area contributed by atoms with Crippen LogP contribution in [0.5, 0.6) is 0 Å². The Bertz CT molecular complexity index is 123. The van der Waals surface area contributed by atoms with Crippen LogP contribution in [0, 0.1) is 5.92 Å². The smallest absolute Gasteiger partial charge is 0.225 e. The lowest BCUT2D eigenvalue weighted by Gasteiger charge is -2.19. The van der Waals surface area contributed by atoms with Gasteiger partial charge in [-0.15, -0.1) is 0 Å². The lowest BCUT2D eigenvalue weighted by molar-refractivity contribution is -0.133. The van der Waals surface area contributed by atoms with Crippen molar-refractivity contribution in [3.63, 3.8) is 0 Å². The van der Waals surface area contributed by atoms with Gasteiger partial charge < -0.3 is 4.90 Å². The molecule has 0 aromatic rings. The van der Waals surface area contributed by atoms with Crippen LogP contribution in [-0.4, -0.2) is 24.4 Å². The van der Waals surface area contributed by atoms with Crippen molar-refractivity contribution in [2.75, 3.05) is 13.6 Å². The fourth-order valence-corrected chi connectivity index (χ4v) is 0.996. The number of carbonyl (C=O) groups excluding carboxylic acids is 1. The number of carbonyl (C=O) groups is 1. The minimum Gasteiger partial charge on any atom is -0.346 e. The Labute approximate surface area is 83.3 Å². The van der Waals surface area contributed by atoms with E-state index in [9.17, 15) is 4.79 Å². The van der Waals surface area contributed by atoms with E-state index in [4.69, 9.17) is 0 Å². The van der Waals surface area contributed by atoms with Gasteiger partial charge in [0.05, 0.1) is 0 Å². The second-order valence-corrected chi connectivity index (χ2v) is 3.07. The van der Waals surface area contributed by atoms with Crippen LogP contribution in [0.15, 0.2) is 0 Å². The Balaban J connectivity index is 0. The molecule has 0 aromatic carbocycles. The summed E-state index contributed by atoms with van der Waals surface area (Å²) in [4.78, 5) is 13.2. The molecule has 0 aliphatic carbocycles. The summed E-state index contributed by atoms with van der Waals surface area (Å²) in [6.45, 7) is 11.0. The van der Waals surface area contributed by atoms with Crippen molar-refractivity contribution >= 4 is 5.91 Å². The van der Waals surface area contributed by atoms with Crippen LogP contribution < -0.4 is 0 Å². The largest absolute Gasteiger partial charge is 0.346 e. The molecule has 0 N–H and O–H groups in total. The lowest BCUT2D eigenvalue weighted by atomic mass is 10.1. The second kappa shape index (κ2) is 9.56. The lowest BCUT2D eigenvalue weighted by Crippen LogP contribution is -2.31. The van der Waals surface area contributed by atoms with Crippen LogP contribution in [0.3, 0.4) is 0 Å². The highest BCUT2D eigenvalue weighted by Gasteiger charge is 2.13. The molecule has 0 radical (unpaired) electrons. The van der Waals surface area contributed by atoms with E-state index in [1.165, 1.54) is 0 Å². The minimum absolute atomic E-state index is 0.187. The molecule has 1 atom stereocenters. The standard InChI is InChI=1S/C9H19NO.C2H6/c1-5-7-10(4)9(11)8(3)6-2;1-2/h8H,5-7H2,1-4H3;1-2H3.